The van der Waals surface area contributed by atoms with Gasteiger partial charge < -0.3 is 0 Å². The zero-order chi connectivity index (χ0) is 4.28. The van der Waals surface area contributed by atoms with Crippen molar-refractivity contribution in [2.24, 2.45) is 0 Å². The summed E-state index contributed by atoms with van der Waals surface area (Å²) in [6, 6.07) is 0.870. The van der Waals surface area contributed by atoms with Crippen molar-refractivity contribution in [3.05, 3.63) is 0 Å². The van der Waals surface area contributed by atoms with Crippen molar-refractivity contribution in [3.8, 4) is 0 Å². The minimum absolute atomic E-state index is 0.180. The van der Waals surface area contributed by atoms with E-state index in [0.29, 0.717) is 0 Å². The molecular weight excluding hydrogens is 77.8 g/mol. The van der Waals surface area contributed by atoms with Crippen LogP contribution in [0.4, 0.5) is 0 Å². The van der Waals surface area contributed by atoms with Crippen LogP contribution in [0.2, 0.25) is 0 Å². The van der Waals surface area contributed by atoms with Crippen molar-refractivity contribution in [1.82, 2.24) is 0 Å². The van der Waals surface area contributed by atoms with Crippen LogP contribution in [0.15, 0.2) is 0 Å². The number of hydrogen-bond acceptors (Lipinski definition) is 0. The first kappa shape index (κ1) is 5.49. The molecule has 2 radical (unpaired) electrons. The molecule has 0 nitrogen and oxygen atoms in total. The van der Waals surface area contributed by atoms with E-state index in [1.165, 1.54) is 0 Å². The molecule has 0 aliphatic carbocycles. The average molecular weight is 85.9 g/mol. The van der Waals surface area contributed by atoms with Gasteiger partial charge in [-0.1, -0.05) is 6.06 Å². The van der Waals surface area contributed by atoms with Crippen molar-refractivity contribution in [2.75, 3.05) is 19.4 Å². The van der Waals surface area contributed by atoms with Crippen molar-refractivity contribution >= 4 is 15.8 Å². The van der Waals surface area contributed by atoms with E-state index in [-0.39, 0.29) is 7.92 Å². The molecule has 0 N–H and O–H groups in total. The zero-order valence-corrected chi connectivity index (χ0v) is 4.63. The molecule has 28 valence electrons. The molecule has 0 amide bonds. The van der Waals surface area contributed by atoms with Gasteiger partial charge in [0, 0.05) is 0 Å². The summed E-state index contributed by atoms with van der Waals surface area (Å²) >= 11 is 0. The van der Waals surface area contributed by atoms with E-state index < -0.39 is 0 Å². The standard InChI is InChI=1S/C3H8BP/c1-5(2)3-4/h3H2,1-2H3. The van der Waals surface area contributed by atoms with E-state index in [9.17, 15) is 0 Å². The summed E-state index contributed by atoms with van der Waals surface area (Å²) in [6.45, 7) is 4.32. The number of hydrogen-bond donors (Lipinski definition) is 0. The molecule has 0 aromatic heterocycles. The van der Waals surface area contributed by atoms with Gasteiger partial charge in [0.25, 0.3) is 0 Å². The molecule has 0 atom stereocenters. The van der Waals surface area contributed by atoms with E-state index in [2.05, 4.69) is 13.3 Å². The van der Waals surface area contributed by atoms with Crippen LogP contribution >= 0.6 is 7.92 Å². The van der Waals surface area contributed by atoms with Crippen LogP contribution in [0.5, 0.6) is 0 Å². The second-order valence-corrected chi connectivity index (χ2v) is 3.79. The summed E-state index contributed by atoms with van der Waals surface area (Å²) in [7, 11) is 5.38. The molecule has 0 aliphatic rings. The molecule has 0 aromatic carbocycles. The first-order chi connectivity index (χ1) is 2.27. The highest BCUT2D eigenvalue weighted by atomic mass is 31.1. The van der Waals surface area contributed by atoms with Crippen LogP contribution in [0.3, 0.4) is 0 Å². The molecule has 0 aromatic rings. The van der Waals surface area contributed by atoms with Gasteiger partial charge >= 0.3 is 0 Å². The van der Waals surface area contributed by atoms with Gasteiger partial charge in [0.2, 0.25) is 0 Å². The van der Waals surface area contributed by atoms with Gasteiger partial charge in [0.15, 0.2) is 0 Å². The highest BCUT2D eigenvalue weighted by molar-refractivity contribution is 7.57. The highest BCUT2D eigenvalue weighted by Crippen LogP contribution is 2.19. The maximum Gasteiger partial charge on any atom is 0.0715 e. The maximum atomic E-state index is 5.20. The Bertz CT molecular complexity index is 20.9. The highest BCUT2D eigenvalue weighted by Gasteiger charge is 1.78. The van der Waals surface area contributed by atoms with Gasteiger partial charge in [-0.2, -0.15) is 0 Å². The first-order valence-corrected chi connectivity index (χ1v) is 4.04. The lowest BCUT2D eigenvalue weighted by atomic mass is 10.2. The normalized spacial score (nSPS) is 9.40. The molecule has 0 unspecified atom stereocenters. The molecular formula is C3H8BP. The maximum absolute atomic E-state index is 5.20. The SMILES string of the molecule is [B]CP(C)C. The average Bonchev–Trinajstić information content (AvgIpc) is 1.38. The lowest BCUT2D eigenvalue weighted by Crippen LogP contribution is -1.73. The predicted octanol–water partition coefficient (Wildman–Crippen LogP) is 0.854. The smallest absolute Gasteiger partial charge is 0.0715 e. The molecule has 0 saturated heterocycles. The van der Waals surface area contributed by atoms with E-state index in [0.717, 1.165) is 6.06 Å². The summed E-state index contributed by atoms with van der Waals surface area (Å²) in [6.07, 6.45) is 0. The third kappa shape index (κ3) is 4.49. The van der Waals surface area contributed by atoms with Crippen LogP contribution in [-0.2, 0) is 0 Å². The second-order valence-electron chi connectivity index (χ2n) is 1.26. The largest absolute Gasteiger partial charge is 0.122 e. The molecule has 0 bridgehead atoms. The Balaban J connectivity index is 2.54. The fourth-order valence-corrected chi connectivity index (χ4v) is 0. The predicted molar refractivity (Wildman–Crippen MR) is 29.4 cm³/mol. The first-order valence-electron chi connectivity index (χ1n) is 1.62. The monoisotopic (exact) mass is 86.0 g/mol. The van der Waals surface area contributed by atoms with Crippen molar-refractivity contribution in [3.63, 3.8) is 0 Å². The number of rotatable bonds is 1. The Labute approximate surface area is 36.1 Å². The molecule has 0 fully saturated rings. The Morgan fingerprint density at radius 1 is 1.60 bits per heavy atom. The van der Waals surface area contributed by atoms with Gasteiger partial charge in [0.1, 0.15) is 0 Å². The molecule has 0 spiro atoms. The van der Waals surface area contributed by atoms with Gasteiger partial charge in [-0.25, -0.2) is 0 Å². The molecule has 0 saturated carbocycles. The van der Waals surface area contributed by atoms with Gasteiger partial charge in [0.05, 0.1) is 7.85 Å². The zero-order valence-electron chi connectivity index (χ0n) is 3.73. The third-order valence-electron chi connectivity index (χ3n) is 0.365. The molecule has 0 heterocycles. The molecule has 2 heteroatoms. The van der Waals surface area contributed by atoms with E-state index in [1.807, 2.05) is 0 Å². The summed E-state index contributed by atoms with van der Waals surface area (Å²) in [5.41, 5.74) is 0. The fraction of sp³-hybridized carbons (Fsp3) is 1.00. The van der Waals surface area contributed by atoms with E-state index in [1.54, 1.807) is 0 Å². The Morgan fingerprint density at radius 2 is 1.80 bits per heavy atom. The van der Waals surface area contributed by atoms with E-state index in [4.69, 9.17) is 7.85 Å². The lowest BCUT2D eigenvalue weighted by Gasteiger charge is -1.92. The topological polar surface area (TPSA) is 0 Å². The van der Waals surface area contributed by atoms with Gasteiger partial charge in [-0.3, -0.25) is 0 Å². The summed E-state index contributed by atoms with van der Waals surface area (Å²) < 4.78 is 0. The minimum atomic E-state index is 0.180. The van der Waals surface area contributed by atoms with Gasteiger partial charge in [-0.05, 0) is 13.3 Å². The molecule has 5 heavy (non-hydrogen) atoms. The van der Waals surface area contributed by atoms with Crippen molar-refractivity contribution in [1.29, 1.82) is 0 Å². The summed E-state index contributed by atoms with van der Waals surface area (Å²) in [5, 5.41) is 0. The Morgan fingerprint density at radius 3 is 1.80 bits per heavy atom. The Kier molecular flexibility index (Phi) is 2.99. The Hall–Kier alpha value is 0.495. The van der Waals surface area contributed by atoms with Crippen LogP contribution < -0.4 is 0 Å². The fourth-order valence-electron chi connectivity index (χ4n) is 0. The van der Waals surface area contributed by atoms with Crippen molar-refractivity contribution < 1.29 is 0 Å². The van der Waals surface area contributed by atoms with Crippen LogP contribution in [-0.4, -0.2) is 27.2 Å². The second kappa shape index (κ2) is 2.72. The quantitative estimate of drug-likeness (QED) is 0.327. The molecule has 0 rings (SSSR count). The van der Waals surface area contributed by atoms with Crippen LogP contribution in [0, 0.1) is 0 Å². The summed E-state index contributed by atoms with van der Waals surface area (Å²) in [5.74, 6) is 0. The van der Waals surface area contributed by atoms with Crippen LogP contribution in [0.25, 0.3) is 0 Å². The van der Waals surface area contributed by atoms with Gasteiger partial charge in [-0.15, -0.1) is 7.92 Å². The molecule has 0 aliphatic heterocycles. The van der Waals surface area contributed by atoms with E-state index >= 15 is 0 Å². The van der Waals surface area contributed by atoms with Crippen molar-refractivity contribution in [2.45, 2.75) is 0 Å². The lowest BCUT2D eigenvalue weighted by molar-refractivity contribution is 2.02. The third-order valence-corrected chi connectivity index (χ3v) is 1.10. The minimum Gasteiger partial charge on any atom is -0.122 e. The summed E-state index contributed by atoms with van der Waals surface area (Å²) in [4.78, 5) is 0. The van der Waals surface area contributed by atoms with Crippen LogP contribution in [0.1, 0.15) is 0 Å².